The molecule has 2 amide bonds. The molecule has 3 rings (SSSR count). The lowest BCUT2D eigenvalue weighted by atomic mass is 9.95. The average molecular weight is 436 g/mol. The van der Waals surface area contributed by atoms with Crippen molar-refractivity contribution in [3.8, 4) is 0 Å². The number of aryl methyl sites for hydroxylation is 2. The molecule has 174 valence electrons. The van der Waals surface area contributed by atoms with Crippen LogP contribution >= 0.6 is 0 Å². The second kappa shape index (κ2) is 10.9. The maximum Gasteiger partial charge on any atom is 0.345 e. The van der Waals surface area contributed by atoms with E-state index in [9.17, 15) is 14.4 Å². The number of hydrogen-bond acceptors (Lipinski definition) is 5. The van der Waals surface area contributed by atoms with Crippen molar-refractivity contribution in [1.29, 1.82) is 0 Å². The molecule has 31 heavy (non-hydrogen) atoms. The third kappa shape index (κ3) is 6.18. The van der Waals surface area contributed by atoms with Crippen LogP contribution in [0.15, 0.2) is 4.79 Å². The second-order valence-electron chi connectivity index (χ2n) is 9.08. The largest absolute Gasteiger partial charge is 0.372 e. The van der Waals surface area contributed by atoms with E-state index in [1.807, 2.05) is 6.92 Å². The van der Waals surface area contributed by atoms with E-state index in [0.29, 0.717) is 58.0 Å². The highest BCUT2D eigenvalue weighted by Crippen LogP contribution is 2.19. The molecule has 1 aromatic rings. The molecular weight excluding hydrogens is 398 g/mol. The molecule has 1 fully saturated rings. The summed E-state index contributed by atoms with van der Waals surface area (Å²) in [5, 5.41) is 7.73. The molecule has 1 unspecified atom stereocenters. The summed E-state index contributed by atoms with van der Waals surface area (Å²) in [6.07, 6.45) is 4.51. The van der Waals surface area contributed by atoms with E-state index >= 15 is 0 Å². The Morgan fingerprint density at radius 1 is 1.16 bits per heavy atom. The summed E-state index contributed by atoms with van der Waals surface area (Å²) < 4.78 is 8.56. The van der Waals surface area contributed by atoms with Crippen LogP contribution in [0.3, 0.4) is 0 Å². The molecule has 0 spiro atoms. The topological polar surface area (TPSA) is 98.5 Å². The zero-order valence-electron chi connectivity index (χ0n) is 19.1. The van der Waals surface area contributed by atoms with Gasteiger partial charge in [0.1, 0.15) is 12.4 Å². The first kappa shape index (κ1) is 23.5. The summed E-state index contributed by atoms with van der Waals surface area (Å²) >= 11 is 0. The van der Waals surface area contributed by atoms with Crippen molar-refractivity contribution in [1.82, 2.24) is 24.6 Å². The van der Waals surface area contributed by atoms with Crippen LogP contribution < -0.4 is 11.0 Å². The Morgan fingerprint density at radius 2 is 1.90 bits per heavy atom. The summed E-state index contributed by atoms with van der Waals surface area (Å²) in [5.74, 6) is 1.35. The normalized spacial score (nSPS) is 19.9. The van der Waals surface area contributed by atoms with Gasteiger partial charge >= 0.3 is 5.69 Å². The van der Waals surface area contributed by atoms with Gasteiger partial charge in [-0.25, -0.2) is 9.48 Å². The van der Waals surface area contributed by atoms with Crippen molar-refractivity contribution >= 4 is 11.8 Å². The van der Waals surface area contributed by atoms with Crippen molar-refractivity contribution in [2.75, 3.05) is 26.3 Å². The summed E-state index contributed by atoms with van der Waals surface area (Å²) in [6, 6.07) is 0.0512. The van der Waals surface area contributed by atoms with Crippen LogP contribution in [0.1, 0.15) is 58.7 Å². The SMILES string of the molecule is CCOCC(=O)N1CCC(C(=O)NC2CCc3nn(CCC(C)C)c(=O)n3CC2)CC1. The maximum atomic E-state index is 12.8. The van der Waals surface area contributed by atoms with Gasteiger partial charge in [-0.1, -0.05) is 13.8 Å². The molecule has 0 radical (unpaired) electrons. The molecule has 1 atom stereocenters. The molecule has 1 saturated heterocycles. The zero-order chi connectivity index (χ0) is 22.4. The van der Waals surface area contributed by atoms with Gasteiger partial charge in [0.25, 0.3) is 0 Å². The first-order chi connectivity index (χ1) is 14.9. The minimum Gasteiger partial charge on any atom is -0.372 e. The van der Waals surface area contributed by atoms with Crippen molar-refractivity contribution in [2.45, 2.75) is 78.4 Å². The summed E-state index contributed by atoms with van der Waals surface area (Å²) in [6.45, 7) is 9.23. The molecule has 2 aliphatic rings. The van der Waals surface area contributed by atoms with Crippen LogP contribution in [0.5, 0.6) is 0 Å². The molecule has 3 heterocycles. The molecule has 9 heteroatoms. The average Bonchev–Trinajstić information content (AvgIpc) is 2.92. The quantitative estimate of drug-likeness (QED) is 0.661. The molecule has 1 N–H and O–H groups in total. The predicted molar refractivity (Wildman–Crippen MR) is 117 cm³/mol. The summed E-state index contributed by atoms with van der Waals surface area (Å²) in [4.78, 5) is 39.3. The maximum absolute atomic E-state index is 12.8. The fraction of sp³-hybridized carbons (Fsp3) is 0.818. The molecule has 1 aromatic heterocycles. The van der Waals surface area contributed by atoms with Gasteiger partial charge in [-0.2, -0.15) is 5.10 Å². The Bertz CT molecular complexity index is 807. The summed E-state index contributed by atoms with van der Waals surface area (Å²) in [7, 11) is 0. The smallest absolute Gasteiger partial charge is 0.345 e. The van der Waals surface area contributed by atoms with Crippen LogP contribution in [0.4, 0.5) is 0 Å². The summed E-state index contributed by atoms with van der Waals surface area (Å²) in [5.41, 5.74) is -0.0354. The lowest BCUT2D eigenvalue weighted by Gasteiger charge is -2.32. The van der Waals surface area contributed by atoms with Crippen LogP contribution in [-0.4, -0.2) is 63.4 Å². The highest BCUT2D eigenvalue weighted by molar-refractivity contribution is 5.80. The standard InChI is InChI=1S/C22H37N5O4/c1-4-31-15-20(28)25-11-8-17(9-12-25)21(29)23-18-5-6-19-24-27(14-7-16(2)3)22(30)26(19)13-10-18/h16-18H,4-15H2,1-3H3,(H,23,29). The Labute approximate surface area is 184 Å². The third-order valence-electron chi connectivity index (χ3n) is 6.33. The van der Waals surface area contributed by atoms with Crippen molar-refractivity contribution < 1.29 is 14.3 Å². The van der Waals surface area contributed by atoms with Gasteiger partial charge in [0.2, 0.25) is 11.8 Å². The van der Waals surface area contributed by atoms with Gasteiger partial charge in [0.15, 0.2) is 0 Å². The van der Waals surface area contributed by atoms with Crippen LogP contribution in [0.2, 0.25) is 0 Å². The molecule has 0 aromatic carbocycles. The minimum absolute atomic E-state index is 0.00190. The number of carbonyl (C=O) groups is 2. The molecule has 0 bridgehead atoms. The number of piperidine rings is 1. The number of hydrogen-bond donors (Lipinski definition) is 1. The van der Waals surface area contributed by atoms with E-state index in [1.54, 1.807) is 14.1 Å². The number of rotatable bonds is 8. The Morgan fingerprint density at radius 3 is 2.58 bits per heavy atom. The van der Waals surface area contributed by atoms with E-state index < -0.39 is 0 Å². The predicted octanol–water partition coefficient (Wildman–Crippen LogP) is 1.19. The van der Waals surface area contributed by atoms with Crippen molar-refractivity contribution in [2.24, 2.45) is 11.8 Å². The van der Waals surface area contributed by atoms with Crippen LogP contribution in [-0.2, 0) is 33.8 Å². The molecule has 2 aliphatic heterocycles. The zero-order valence-corrected chi connectivity index (χ0v) is 19.1. The highest BCUT2D eigenvalue weighted by atomic mass is 16.5. The number of carbonyl (C=O) groups excluding carboxylic acids is 2. The van der Waals surface area contributed by atoms with E-state index in [1.165, 1.54) is 0 Å². The lowest BCUT2D eigenvalue weighted by Crippen LogP contribution is -2.46. The van der Waals surface area contributed by atoms with Crippen LogP contribution in [0.25, 0.3) is 0 Å². The lowest BCUT2D eigenvalue weighted by molar-refractivity contribution is -0.139. The Hall–Kier alpha value is -2.16. The fourth-order valence-electron chi connectivity index (χ4n) is 4.29. The van der Waals surface area contributed by atoms with Crippen molar-refractivity contribution in [3.05, 3.63) is 16.3 Å². The number of nitrogens with one attached hydrogen (secondary N) is 1. The van der Waals surface area contributed by atoms with Gasteiger partial charge < -0.3 is 15.0 Å². The van der Waals surface area contributed by atoms with Gasteiger partial charge in [-0.05, 0) is 44.9 Å². The van der Waals surface area contributed by atoms with Gasteiger partial charge in [-0.15, -0.1) is 0 Å². The van der Waals surface area contributed by atoms with E-state index in [-0.39, 0.29) is 36.1 Å². The van der Waals surface area contributed by atoms with E-state index in [4.69, 9.17) is 4.74 Å². The first-order valence-electron chi connectivity index (χ1n) is 11.7. The Kier molecular flexibility index (Phi) is 8.28. The molecule has 9 nitrogen and oxygen atoms in total. The minimum atomic E-state index is -0.0651. The monoisotopic (exact) mass is 435 g/mol. The van der Waals surface area contributed by atoms with E-state index in [0.717, 1.165) is 25.1 Å². The highest BCUT2D eigenvalue weighted by Gasteiger charge is 2.29. The van der Waals surface area contributed by atoms with Crippen LogP contribution in [0, 0.1) is 11.8 Å². The van der Waals surface area contributed by atoms with E-state index in [2.05, 4.69) is 24.3 Å². The molecule has 0 saturated carbocycles. The Balaban J connectivity index is 1.47. The fourth-order valence-corrected chi connectivity index (χ4v) is 4.29. The number of likely N-dealkylation sites (tertiary alicyclic amines) is 1. The third-order valence-corrected chi connectivity index (χ3v) is 6.33. The molecule has 0 aliphatic carbocycles. The first-order valence-corrected chi connectivity index (χ1v) is 11.7. The number of aromatic nitrogens is 3. The second-order valence-corrected chi connectivity index (χ2v) is 9.08. The number of fused-ring (bicyclic) bond motifs is 1. The van der Waals surface area contributed by atoms with Gasteiger partial charge in [-0.3, -0.25) is 14.2 Å². The van der Waals surface area contributed by atoms with Crippen molar-refractivity contribution in [3.63, 3.8) is 0 Å². The number of nitrogens with zero attached hydrogens (tertiary/aromatic N) is 4. The number of amides is 2. The van der Waals surface area contributed by atoms with Gasteiger partial charge in [0, 0.05) is 51.2 Å². The molecular formula is C22H37N5O4. The number of ether oxygens (including phenoxy) is 1. The van der Waals surface area contributed by atoms with Gasteiger partial charge in [0.05, 0.1) is 0 Å².